The maximum atomic E-state index is 13.3. The number of nitriles is 4. The number of urea groups is 2. The minimum atomic E-state index is -3.22. The number of H-pyrrole nitrogens is 2. The highest BCUT2D eigenvalue weighted by molar-refractivity contribution is 8.24. The van der Waals surface area contributed by atoms with Gasteiger partial charge in [-0.25, -0.2) is 9.59 Å². The van der Waals surface area contributed by atoms with E-state index in [4.69, 9.17) is 55.8 Å². The third kappa shape index (κ3) is 30.3. The molecule has 8 N–H and O–H groups in total. The Hall–Kier alpha value is -13.4. The molecule has 18 rings (SSSR count). The van der Waals surface area contributed by atoms with Gasteiger partial charge in [0.05, 0.1) is 57.8 Å². The lowest BCUT2D eigenvalue weighted by atomic mass is 10.1. The number of benzene rings is 7. The number of aromatic amines is 2. The SMILES string of the molecule is C.CN1CCN(CCCl)CC1.CNC(=O)Nc1ccc2c(c1)C(=O)/C(=C/c1c(C#N)n(CCN3CCN(C)CC3)c3ccc(OC)cc13)O2.CNC(=O)Nc1ccc2c(c1)C(=O)CO2.COc1ccc2[nH]c(C#N)cc2c1.COc1ccc2[nH]c(C(N)=O)cc2c1.COc1ccc2c(c1)c(C=O)c(C#N)n2CCN1CCN(C)CC1.COc1ccc2c(c1)cc(C#N)n2CCN1CCN(C)CC1.O=P(Cl)(Cl)Cl. The number of likely N-dealkylation sites (N-methyl/N-ethyl adjacent to an activating group) is 4. The number of aldehydes is 1. The third-order valence-corrected chi connectivity index (χ3v) is 24.6. The Balaban J connectivity index is 0.000000176. The fourth-order valence-electron chi connectivity index (χ4n) is 16.4. The molecule has 36 nitrogen and oxygen atoms in total. The zero-order valence-corrected chi connectivity index (χ0v) is 84.6. The van der Waals surface area contributed by atoms with Crippen molar-refractivity contribution in [2.75, 3.05) is 232 Å². The molecule has 0 saturated carbocycles. The molecule has 7 aromatic carbocycles. The number of ether oxygens (including phenoxy) is 7. The van der Waals surface area contributed by atoms with Crippen LogP contribution in [0.4, 0.5) is 21.0 Å². The molecule has 0 unspecified atom stereocenters. The van der Waals surface area contributed by atoms with E-state index in [1.54, 1.807) is 90.2 Å². The predicted octanol–water partition coefficient (Wildman–Crippen LogP) is 14.7. The number of carbonyl (C=O) groups excluding carboxylic acids is 6. The number of piperazine rings is 4. The van der Waals surface area contributed by atoms with Crippen LogP contribution in [-0.4, -0.2) is 320 Å². The number of halogens is 4. The minimum Gasteiger partial charge on any atom is -0.497 e. The molecule has 6 aliphatic heterocycles. The van der Waals surface area contributed by atoms with E-state index in [1.165, 1.54) is 40.3 Å². The van der Waals surface area contributed by atoms with E-state index in [1.807, 2.05) is 106 Å². The second kappa shape index (κ2) is 53.5. The van der Waals surface area contributed by atoms with E-state index < -0.39 is 11.1 Å². The normalized spacial score (nSPS) is 15.2. The molecule has 5 aromatic heterocycles. The number of rotatable bonds is 21. The number of fused-ring (bicyclic) bond motifs is 7. The Bertz CT molecular complexity index is 6660. The number of allylic oxidation sites excluding steroid dienone is 1. The number of aromatic nitrogens is 5. The first-order valence-electron chi connectivity index (χ1n) is 45.4. The largest absolute Gasteiger partial charge is 0.497 e. The van der Waals surface area contributed by atoms with Crippen LogP contribution >= 0.6 is 50.5 Å². The van der Waals surface area contributed by atoms with Crippen LogP contribution in [0.15, 0.2) is 151 Å². The molecule has 41 heteroatoms. The number of carbonyl (C=O) groups is 6. The number of hydrogen-bond donors (Lipinski definition) is 7. The summed E-state index contributed by atoms with van der Waals surface area (Å²) < 4.78 is 52.7. The van der Waals surface area contributed by atoms with Crippen molar-refractivity contribution in [3.8, 4) is 64.5 Å². The van der Waals surface area contributed by atoms with Crippen molar-refractivity contribution in [1.29, 1.82) is 21.0 Å². The molecular weight excluding hydrogens is 1920 g/mol. The lowest BCUT2D eigenvalue weighted by molar-refractivity contribution is 0.0958. The number of anilines is 2. The Morgan fingerprint density at radius 2 is 0.873 bits per heavy atom. The van der Waals surface area contributed by atoms with Gasteiger partial charge in [0, 0.05) is 236 Å². The fraction of sp³-hybridized carbons (Fsp3) is 0.366. The Morgan fingerprint density at radius 3 is 1.30 bits per heavy atom. The lowest BCUT2D eigenvalue weighted by Gasteiger charge is -2.32. The monoisotopic (exact) mass is 2040 g/mol. The topological polar surface area (TPSA) is 426 Å². The molecule has 752 valence electrons. The van der Waals surface area contributed by atoms with Gasteiger partial charge in [0.2, 0.25) is 11.6 Å². The summed E-state index contributed by atoms with van der Waals surface area (Å²) in [7, 11) is 19.7. The van der Waals surface area contributed by atoms with Crippen molar-refractivity contribution in [2.45, 2.75) is 27.1 Å². The number of Topliss-reactive ketones (excluding diaryl/α,β-unsaturated/α-hetero) is 2. The molecule has 4 saturated heterocycles. The molecule has 4 fully saturated rings. The van der Waals surface area contributed by atoms with Crippen LogP contribution in [0.2, 0.25) is 0 Å². The molecular formula is C101H121Cl4N22O14P. The number of methoxy groups -OCH3 is 5. The molecule has 0 aliphatic carbocycles. The maximum absolute atomic E-state index is 13.3. The summed E-state index contributed by atoms with van der Waals surface area (Å²) in [5.41, 5.74) is 15.5. The highest BCUT2D eigenvalue weighted by Crippen LogP contribution is 2.61. The van der Waals surface area contributed by atoms with Crippen LogP contribution in [-0.2, 0) is 24.2 Å². The average molecular weight is 2040 g/mol. The van der Waals surface area contributed by atoms with Crippen LogP contribution in [0.3, 0.4) is 0 Å². The molecule has 0 spiro atoms. The van der Waals surface area contributed by atoms with E-state index in [2.05, 4.69) is 161 Å². The minimum absolute atomic E-state index is 0. The van der Waals surface area contributed by atoms with Crippen molar-refractivity contribution in [3.05, 3.63) is 202 Å². The van der Waals surface area contributed by atoms with E-state index in [0.717, 1.165) is 201 Å². The van der Waals surface area contributed by atoms with Gasteiger partial charge in [0.1, 0.15) is 93.0 Å². The van der Waals surface area contributed by atoms with E-state index in [-0.39, 0.29) is 43.4 Å². The number of primary amides is 1. The quantitative estimate of drug-likeness (QED) is 0.0152. The third-order valence-electron chi connectivity index (χ3n) is 24.5. The summed E-state index contributed by atoms with van der Waals surface area (Å²) in [4.78, 5) is 94.7. The van der Waals surface area contributed by atoms with Gasteiger partial charge in [-0.15, -0.1) is 11.6 Å². The summed E-state index contributed by atoms with van der Waals surface area (Å²) in [6.07, 6.45) is 2.41. The van der Waals surface area contributed by atoms with Gasteiger partial charge in [-0.2, -0.15) is 21.0 Å². The number of hydrogen-bond acceptors (Lipinski definition) is 26. The highest BCUT2D eigenvalue weighted by Gasteiger charge is 2.31. The molecule has 12 aromatic rings. The Kier molecular flexibility index (Phi) is 41.7. The first kappa shape index (κ1) is 111. The average Bonchev–Trinajstić information content (AvgIpc) is 1.55. The van der Waals surface area contributed by atoms with Crippen LogP contribution in [0.25, 0.3) is 60.6 Å². The van der Waals surface area contributed by atoms with Crippen molar-refractivity contribution in [1.82, 2.24) is 73.5 Å². The van der Waals surface area contributed by atoms with Gasteiger partial charge < -0.3 is 103 Å². The maximum Gasteiger partial charge on any atom is 0.339 e. The first-order chi connectivity index (χ1) is 67.9. The highest BCUT2D eigenvalue weighted by atomic mass is 36.0. The summed E-state index contributed by atoms with van der Waals surface area (Å²) in [5.74, 6) is 4.75. The van der Waals surface area contributed by atoms with Gasteiger partial charge in [-0.3, -0.25) is 43.3 Å². The predicted molar refractivity (Wildman–Crippen MR) is 558 cm³/mol. The number of amides is 5. The van der Waals surface area contributed by atoms with Crippen LogP contribution in [0.5, 0.6) is 40.2 Å². The van der Waals surface area contributed by atoms with Crippen molar-refractivity contribution >= 4 is 158 Å². The Labute approximate surface area is 845 Å². The lowest BCUT2D eigenvalue weighted by Crippen LogP contribution is -2.45. The van der Waals surface area contributed by atoms with E-state index in [0.29, 0.717) is 92.5 Å². The second-order valence-corrected chi connectivity index (χ2v) is 40.6. The summed E-state index contributed by atoms with van der Waals surface area (Å²) in [6.45, 7) is 23.4. The zero-order valence-electron chi connectivity index (χ0n) is 80.6. The van der Waals surface area contributed by atoms with Crippen LogP contribution in [0, 0.1) is 45.3 Å². The number of alkyl halides is 1. The number of nitrogens with one attached hydrogen (secondary N) is 6. The molecule has 5 amide bonds. The van der Waals surface area contributed by atoms with Gasteiger partial charge in [-0.05, 0) is 214 Å². The van der Waals surface area contributed by atoms with E-state index >= 15 is 0 Å². The molecule has 0 radical (unpaired) electrons. The molecule has 0 atom stereocenters. The van der Waals surface area contributed by atoms with Gasteiger partial charge in [0.15, 0.2) is 18.7 Å². The zero-order chi connectivity index (χ0) is 102. The van der Waals surface area contributed by atoms with Crippen molar-refractivity contribution in [3.63, 3.8) is 0 Å². The van der Waals surface area contributed by atoms with Gasteiger partial charge in [0.25, 0.3) is 5.91 Å². The summed E-state index contributed by atoms with van der Waals surface area (Å²) >= 11 is 19.5. The van der Waals surface area contributed by atoms with Crippen molar-refractivity contribution < 1.29 is 66.5 Å². The first-order valence-corrected chi connectivity index (χ1v) is 50.3. The van der Waals surface area contributed by atoms with E-state index in [9.17, 15) is 49.1 Å². The number of nitrogens with zero attached hydrogens (tertiary/aromatic N) is 15. The van der Waals surface area contributed by atoms with Crippen molar-refractivity contribution in [2.24, 2.45) is 5.73 Å². The summed E-state index contributed by atoms with van der Waals surface area (Å²) in [6, 6.07) is 52.0. The van der Waals surface area contributed by atoms with Gasteiger partial charge >= 0.3 is 17.3 Å². The molecule has 142 heavy (non-hydrogen) atoms. The van der Waals surface area contributed by atoms with Crippen LogP contribution < -0.4 is 60.2 Å². The standard InChI is InChI=1S/C28H30N6O4.C18H22N4O2.C17H22N4O.C10H10N2O3.C10H10N2O2.C10H8N2O.C7H15ClN2.CH4.Cl3OP/c1-30-28(36)31-18-4-7-25-22(14-18)27(35)26(38-25)16-21-20-15-19(37-3)5-6-23(20)34(24(21)17-29)13-12-33-10-8-32(2)9-11-33;1-20-5-7-21(8-6-20)9-10-22-17-4-3-14(24-2)11-15(17)16(13-23)18(22)12-19;1-19-5-7-20(8-6-19)9-10-21-15(13-18)11-14-12-16(22-2)3-4-17(14)21;1-11-10(14)12-6-2-3-9-7(4-6)8(13)5-15-9;1-14-7-2-3-8-6(4-7)5-9(12-8)10(11)13;1-13-9-2-3-10-7(5-9)4-8(6-11)12-10;1-9-4-6-10(3-2-8)7-5-9;;1-5(2,3)4/h4-7,14-16H,8-13H2,1-3H3,(H2,30,31,36);3-4,11,13H,5-10H2,1-2H3;3-4,11-12H,5-10H2,1-2H3;2-4H,5H2,1H3,(H2,11,12,14);2-5,12H,1H3,(H2,11,13);2-5,12H,1H3;2-7H2,1H3;1H4;/b26-16-;;;;;;;;. The molecule has 11 heterocycles. The smallest absolute Gasteiger partial charge is 0.339 e. The van der Waals surface area contributed by atoms with Gasteiger partial charge in [-0.1, -0.05) is 7.43 Å². The number of ketones is 2. The fourth-order valence-corrected chi connectivity index (χ4v) is 16.6. The second-order valence-electron chi connectivity index (χ2n) is 33.6. The number of nitrogens with two attached hydrogens (primary N) is 1. The molecule has 0 bridgehead atoms. The van der Waals surface area contributed by atoms with Crippen LogP contribution in [0.1, 0.15) is 77.3 Å². The molecule has 6 aliphatic rings. The Morgan fingerprint density at radius 1 is 0.472 bits per heavy atom. The summed E-state index contributed by atoms with van der Waals surface area (Å²) in [5, 5.41) is 49.3.